The first kappa shape index (κ1) is 26.2. The molecule has 0 spiro atoms. The molecule has 0 saturated carbocycles. The van der Waals surface area contributed by atoms with E-state index in [9.17, 15) is 9.59 Å². The molecular formula is C20H33IN4O3. The Morgan fingerprint density at radius 3 is 2.61 bits per heavy atom. The molecular weight excluding hydrogens is 471 g/mol. The van der Waals surface area contributed by atoms with Crippen LogP contribution < -0.4 is 16.0 Å². The van der Waals surface area contributed by atoms with E-state index in [4.69, 9.17) is 0 Å². The molecule has 0 aliphatic carbocycles. The van der Waals surface area contributed by atoms with Gasteiger partial charge in [0.1, 0.15) is 0 Å². The first-order chi connectivity index (χ1) is 13.1. The number of guanidine groups is 1. The standard InChI is InChI=1S/C20H32N4O3.HI/c1-4-22-20(23-13-7-5-6-11-18(25)27-3)24-14-12-16-9-8-10-17(15-16)19(26)21-2;/h8-10,15H,4-7,11-14H2,1-3H3,(H,21,26)(H2,22,23,24);1H. The van der Waals surface area contributed by atoms with Crippen molar-refractivity contribution in [1.29, 1.82) is 0 Å². The highest BCUT2D eigenvalue weighted by molar-refractivity contribution is 14.0. The van der Waals surface area contributed by atoms with Gasteiger partial charge in [0.15, 0.2) is 5.96 Å². The number of halogens is 1. The molecule has 0 aliphatic heterocycles. The summed E-state index contributed by atoms with van der Waals surface area (Å²) in [6.07, 6.45) is 3.97. The van der Waals surface area contributed by atoms with Gasteiger partial charge < -0.3 is 20.7 Å². The normalized spacial score (nSPS) is 10.6. The van der Waals surface area contributed by atoms with Crippen molar-refractivity contribution >= 4 is 41.8 Å². The minimum Gasteiger partial charge on any atom is -0.469 e. The van der Waals surface area contributed by atoms with Crippen LogP contribution in [0.4, 0.5) is 0 Å². The van der Waals surface area contributed by atoms with E-state index in [0.29, 0.717) is 18.5 Å². The lowest BCUT2D eigenvalue weighted by Gasteiger charge is -2.11. The minimum atomic E-state index is -0.158. The van der Waals surface area contributed by atoms with Gasteiger partial charge in [-0.1, -0.05) is 18.6 Å². The van der Waals surface area contributed by atoms with Crippen molar-refractivity contribution in [3.8, 4) is 0 Å². The monoisotopic (exact) mass is 504 g/mol. The number of hydrogen-bond acceptors (Lipinski definition) is 4. The van der Waals surface area contributed by atoms with Crippen molar-refractivity contribution in [2.75, 3.05) is 33.8 Å². The Kier molecular flexibility index (Phi) is 15.1. The molecule has 1 rings (SSSR count). The number of aliphatic imine (C=N–C) groups is 1. The van der Waals surface area contributed by atoms with Crippen LogP contribution >= 0.6 is 24.0 Å². The highest BCUT2D eigenvalue weighted by Crippen LogP contribution is 2.06. The molecule has 7 nitrogen and oxygen atoms in total. The van der Waals surface area contributed by atoms with E-state index < -0.39 is 0 Å². The fourth-order valence-corrected chi connectivity index (χ4v) is 2.53. The van der Waals surface area contributed by atoms with Crippen LogP contribution in [0.3, 0.4) is 0 Å². The van der Waals surface area contributed by atoms with Crippen LogP contribution in [-0.4, -0.2) is 51.6 Å². The van der Waals surface area contributed by atoms with E-state index in [1.54, 1.807) is 7.05 Å². The molecule has 0 bridgehead atoms. The third-order valence-corrected chi connectivity index (χ3v) is 4.00. The number of benzene rings is 1. The van der Waals surface area contributed by atoms with Crippen molar-refractivity contribution in [3.05, 3.63) is 35.4 Å². The Morgan fingerprint density at radius 1 is 1.14 bits per heavy atom. The number of carbonyl (C=O) groups excluding carboxylic acids is 2. The first-order valence-electron chi connectivity index (χ1n) is 9.50. The van der Waals surface area contributed by atoms with Crippen LogP contribution in [0.5, 0.6) is 0 Å². The van der Waals surface area contributed by atoms with Gasteiger partial charge in [0.25, 0.3) is 5.91 Å². The minimum absolute atomic E-state index is 0. The fraction of sp³-hybridized carbons (Fsp3) is 0.550. The van der Waals surface area contributed by atoms with Crippen LogP contribution in [0.1, 0.15) is 48.5 Å². The van der Waals surface area contributed by atoms with Gasteiger partial charge in [-0.25, -0.2) is 0 Å². The maximum Gasteiger partial charge on any atom is 0.305 e. The molecule has 0 unspecified atom stereocenters. The summed E-state index contributed by atoms with van der Waals surface area (Å²) >= 11 is 0. The lowest BCUT2D eigenvalue weighted by molar-refractivity contribution is -0.140. The number of nitrogens with one attached hydrogen (secondary N) is 3. The molecule has 0 aliphatic rings. The Bertz CT molecular complexity index is 623. The van der Waals surface area contributed by atoms with Crippen molar-refractivity contribution in [2.45, 2.75) is 39.0 Å². The Labute approximate surface area is 185 Å². The molecule has 1 amide bonds. The topological polar surface area (TPSA) is 91.8 Å². The Morgan fingerprint density at radius 2 is 1.93 bits per heavy atom. The highest BCUT2D eigenvalue weighted by Gasteiger charge is 2.04. The van der Waals surface area contributed by atoms with Crippen molar-refractivity contribution in [3.63, 3.8) is 0 Å². The average molecular weight is 504 g/mol. The summed E-state index contributed by atoms with van der Waals surface area (Å²) in [5.41, 5.74) is 1.77. The number of esters is 1. The maximum atomic E-state index is 11.7. The molecule has 0 saturated heterocycles. The van der Waals surface area contributed by atoms with Gasteiger partial charge in [-0.3, -0.25) is 14.6 Å². The summed E-state index contributed by atoms with van der Waals surface area (Å²) in [5.74, 6) is 0.550. The SMILES string of the molecule is CCNC(=NCCCCCC(=O)OC)NCCc1cccc(C(=O)NC)c1.I. The van der Waals surface area contributed by atoms with Crippen LogP contribution in [0.2, 0.25) is 0 Å². The summed E-state index contributed by atoms with van der Waals surface area (Å²) in [4.78, 5) is 27.3. The summed E-state index contributed by atoms with van der Waals surface area (Å²) in [6.45, 7) is 4.26. The van der Waals surface area contributed by atoms with E-state index in [1.807, 2.05) is 31.2 Å². The van der Waals surface area contributed by atoms with E-state index in [2.05, 4.69) is 25.7 Å². The third kappa shape index (κ3) is 11.1. The number of rotatable bonds is 11. The molecule has 158 valence electrons. The lowest BCUT2D eigenvalue weighted by atomic mass is 10.1. The molecule has 28 heavy (non-hydrogen) atoms. The van der Waals surface area contributed by atoms with Gasteiger partial charge in [0, 0.05) is 38.7 Å². The van der Waals surface area contributed by atoms with Crippen LogP contribution in [0.25, 0.3) is 0 Å². The summed E-state index contributed by atoms with van der Waals surface area (Å²) in [7, 11) is 3.04. The molecule has 0 fully saturated rings. The molecule has 0 atom stereocenters. The summed E-state index contributed by atoms with van der Waals surface area (Å²) in [5, 5.41) is 9.18. The lowest BCUT2D eigenvalue weighted by Crippen LogP contribution is -2.38. The third-order valence-electron chi connectivity index (χ3n) is 4.00. The largest absolute Gasteiger partial charge is 0.469 e. The van der Waals surface area contributed by atoms with E-state index >= 15 is 0 Å². The summed E-state index contributed by atoms with van der Waals surface area (Å²) < 4.78 is 4.63. The van der Waals surface area contributed by atoms with Crippen LogP contribution in [0.15, 0.2) is 29.3 Å². The highest BCUT2D eigenvalue weighted by atomic mass is 127. The zero-order valence-corrected chi connectivity index (χ0v) is 19.4. The summed E-state index contributed by atoms with van der Waals surface area (Å²) in [6, 6.07) is 7.63. The zero-order chi connectivity index (χ0) is 19.9. The fourth-order valence-electron chi connectivity index (χ4n) is 2.53. The number of amides is 1. The quantitative estimate of drug-likeness (QED) is 0.142. The van der Waals surface area contributed by atoms with Crippen molar-refractivity contribution in [1.82, 2.24) is 16.0 Å². The molecule has 1 aromatic carbocycles. The van der Waals surface area contributed by atoms with Crippen molar-refractivity contribution < 1.29 is 14.3 Å². The van der Waals surface area contributed by atoms with Gasteiger partial charge in [-0.15, -0.1) is 24.0 Å². The molecule has 8 heteroatoms. The average Bonchev–Trinajstić information content (AvgIpc) is 2.69. The zero-order valence-electron chi connectivity index (χ0n) is 17.0. The first-order valence-corrected chi connectivity index (χ1v) is 9.50. The predicted octanol–water partition coefficient (Wildman–Crippen LogP) is 2.50. The second-order valence-electron chi connectivity index (χ2n) is 6.10. The van der Waals surface area contributed by atoms with E-state index in [1.165, 1.54) is 7.11 Å². The second-order valence-corrected chi connectivity index (χ2v) is 6.10. The maximum absolute atomic E-state index is 11.7. The smallest absolute Gasteiger partial charge is 0.305 e. The number of unbranched alkanes of at least 4 members (excludes halogenated alkanes) is 2. The Hall–Kier alpha value is -1.84. The number of carbonyl (C=O) groups is 2. The number of nitrogens with zero attached hydrogens (tertiary/aromatic N) is 1. The van der Waals surface area contributed by atoms with Crippen LogP contribution in [0, 0.1) is 0 Å². The molecule has 0 aromatic heterocycles. The van der Waals surface area contributed by atoms with E-state index in [0.717, 1.165) is 50.3 Å². The van der Waals surface area contributed by atoms with Gasteiger partial charge in [0.2, 0.25) is 0 Å². The van der Waals surface area contributed by atoms with Crippen LogP contribution in [-0.2, 0) is 16.0 Å². The number of hydrogen-bond donors (Lipinski definition) is 3. The number of ether oxygens (including phenoxy) is 1. The van der Waals surface area contributed by atoms with Crippen molar-refractivity contribution in [2.24, 2.45) is 4.99 Å². The molecule has 0 radical (unpaired) electrons. The molecule has 1 aromatic rings. The number of methoxy groups -OCH3 is 1. The second kappa shape index (κ2) is 16.1. The van der Waals surface area contributed by atoms with Gasteiger partial charge in [-0.05, 0) is 43.9 Å². The van der Waals surface area contributed by atoms with E-state index in [-0.39, 0.29) is 35.9 Å². The molecule has 3 N–H and O–H groups in total. The predicted molar refractivity (Wildman–Crippen MR) is 123 cm³/mol. The van der Waals surface area contributed by atoms with Gasteiger partial charge in [0.05, 0.1) is 7.11 Å². The molecule has 0 heterocycles. The Balaban J connectivity index is 0.00000729. The van der Waals surface area contributed by atoms with Gasteiger partial charge >= 0.3 is 5.97 Å². The van der Waals surface area contributed by atoms with Gasteiger partial charge in [-0.2, -0.15) is 0 Å².